The molecule has 0 saturated heterocycles. The smallest absolute Gasteiger partial charge is 0.170 e. The van der Waals surface area contributed by atoms with E-state index in [0.717, 1.165) is 24.5 Å². The Labute approximate surface area is 115 Å². The van der Waals surface area contributed by atoms with Crippen LogP contribution in [0.4, 0.5) is 5.69 Å². The van der Waals surface area contributed by atoms with Crippen LogP contribution in [0.3, 0.4) is 0 Å². The Balaban J connectivity index is 2.04. The van der Waals surface area contributed by atoms with Crippen LogP contribution in [-0.2, 0) is 13.1 Å². The number of anilines is 1. The Morgan fingerprint density at radius 2 is 1.94 bits per heavy atom. The lowest BCUT2D eigenvalue weighted by Crippen LogP contribution is -2.10. The van der Waals surface area contributed by atoms with E-state index in [9.17, 15) is 0 Å². The van der Waals surface area contributed by atoms with Gasteiger partial charge >= 0.3 is 0 Å². The number of halogens is 2. The Hall–Kier alpha value is -1.33. The predicted octanol–water partition coefficient (Wildman–Crippen LogP) is 3.00. The SMILES string of the molecule is CCCn1nnnc1CNc1cc(Cl)cc(Cl)c1. The van der Waals surface area contributed by atoms with Crippen molar-refractivity contribution in [1.82, 2.24) is 20.2 Å². The van der Waals surface area contributed by atoms with Gasteiger partial charge in [-0.25, -0.2) is 4.68 Å². The van der Waals surface area contributed by atoms with E-state index >= 15 is 0 Å². The lowest BCUT2D eigenvalue weighted by molar-refractivity contribution is 0.558. The van der Waals surface area contributed by atoms with Gasteiger partial charge in [0.05, 0.1) is 6.54 Å². The molecule has 0 saturated carbocycles. The number of aromatic nitrogens is 4. The maximum atomic E-state index is 5.92. The van der Waals surface area contributed by atoms with Crippen molar-refractivity contribution < 1.29 is 0 Å². The molecule has 0 fully saturated rings. The van der Waals surface area contributed by atoms with E-state index in [0.29, 0.717) is 16.6 Å². The lowest BCUT2D eigenvalue weighted by atomic mass is 10.3. The van der Waals surface area contributed by atoms with E-state index in [-0.39, 0.29) is 0 Å². The molecular weight excluding hydrogens is 273 g/mol. The fourth-order valence-corrected chi connectivity index (χ4v) is 2.10. The zero-order chi connectivity index (χ0) is 13.0. The summed E-state index contributed by atoms with van der Waals surface area (Å²) in [4.78, 5) is 0. The highest BCUT2D eigenvalue weighted by Crippen LogP contribution is 2.22. The van der Waals surface area contributed by atoms with E-state index < -0.39 is 0 Å². The first-order valence-corrected chi connectivity index (χ1v) is 6.39. The Morgan fingerprint density at radius 1 is 1.22 bits per heavy atom. The van der Waals surface area contributed by atoms with Crippen LogP contribution in [0.15, 0.2) is 18.2 Å². The molecule has 1 aromatic heterocycles. The van der Waals surface area contributed by atoms with E-state index in [2.05, 4.69) is 27.8 Å². The quantitative estimate of drug-likeness (QED) is 0.918. The summed E-state index contributed by atoms with van der Waals surface area (Å²) >= 11 is 11.8. The van der Waals surface area contributed by atoms with Gasteiger partial charge in [0.25, 0.3) is 0 Å². The van der Waals surface area contributed by atoms with Gasteiger partial charge in [-0.15, -0.1) is 5.10 Å². The summed E-state index contributed by atoms with van der Waals surface area (Å²) in [5.74, 6) is 0.785. The van der Waals surface area contributed by atoms with Crippen molar-refractivity contribution in [2.45, 2.75) is 26.4 Å². The van der Waals surface area contributed by atoms with Crippen LogP contribution in [0.5, 0.6) is 0 Å². The molecule has 7 heteroatoms. The number of hydrogen-bond donors (Lipinski definition) is 1. The first kappa shape index (κ1) is 13.1. The van der Waals surface area contributed by atoms with Crippen molar-refractivity contribution in [3.8, 4) is 0 Å². The second-order valence-electron chi connectivity index (χ2n) is 3.83. The largest absolute Gasteiger partial charge is 0.378 e. The van der Waals surface area contributed by atoms with E-state index in [1.807, 2.05) is 0 Å². The van der Waals surface area contributed by atoms with Gasteiger partial charge in [-0.1, -0.05) is 30.1 Å². The molecule has 1 heterocycles. The van der Waals surface area contributed by atoms with E-state index in [1.165, 1.54) is 0 Å². The van der Waals surface area contributed by atoms with Gasteiger partial charge < -0.3 is 5.32 Å². The highest BCUT2D eigenvalue weighted by molar-refractivity contribution is 6.35. The average Bonchev–Trinajstić information content (AvgIpc) is 2.73. The van der Waals surface area contributed by atoms with E-state index in [1.54, 1.807) is 22.9 Å². The van der Waals surface area contributed by atoms with Gasteiger partial charge in [0.1, 0.15) is 0 Å². The van der Waals surface area contributed by atoms with Crippen molar-refractivity contribution in [3.63, 3.8) is 0 Å². The molecule has 0 spiro atoms. The maximum absolute atomic E-state index is 5.92. The van der Waals surface area contributed by atoms with Gasteiger partial charge in [0.2, 0.25) is 0 Å². The normalized spacial score (nSPS) is 10.6. The van der Waals surface area contributed by atoms with E-state index in [4.69, 9.17) is 23.2 Å². The zero-order valence-corrected chi connectivity index (χ0v) is 11.4. The molecule has 5 nitrogen and oxygen atoms in total. The molecule has 96 valence electrons. The molecule has 1 aromatic carbocycles. The number of nitrogens with one attached hydrogen (secondary N) is 1. The van der Waals surface area contributed by atoms with Crippen molar-refractivity contribution in [1.29, 1.82) is 0 Å². The molecule has 2 rings (SSSR count). The summed E-state index contributed by atoms with van der Waals surface area (Å²) in [7, 11) is 0. The van der Waals surface area contributed by atoms with Crippen LogP contribution in [-0.4, -0.2) is 20.2 Å². The number of nitrogens with zero attached hydrogens (tertiary/aromatic N) is 4. The molecule has 0 aliphatic carbocycles. The zero-order valence-electron chi connectivity index (χ0n) is 9.90. The molecule has 0 unspecified atom stereocenters. The van der Waals surface area contributed by atoms with Crippen LogP contribution in [0.25, 0.3) is 0 Å². The second-order valence-corrected chi connectivity index (χ2v) is 4.70. The molecule has 0 radical (unpaired) electrons. The summed E-state index contributed by atoms with van der Waals surface area (Å²) in [6, 6.07) is 5.30. The fourth-order valence-electron chi connectivity index (χ4n) is 1.57. The van der Waals surface area contributed by atoms with Crippen LogP contribution < -0.4 is 5.32 Å². The molecule has 1 N–H and O–H groups in total. The maximum Gasteiger partial charge on any atom is 0.170 e. The van der Waals surface area contributed by atoms with Crippen molar-refractivity contribution >= 4 is 28.9 Å². The summed E-state index contributed by atoms with van der Waals surface area (Å²) in [6.07, 6.45) is 0.987. The lowest BCUT2D eigenvalue weighted by Gasteiger charge is -2.07. The minimum atomic E-state index is 0.531. The summed E-state index contributed by atoms with van der Waals surface area (Å²) in [6.45, 7) is 3.42. The highest BCUT2D eigenvalue weighted by atomic mass is 35.5. The Morgan fingerprint density at radius 3 is 2.61 bits per heavy atom. The Bertz CT molecular complexity index is 506. The summed E-state index contributed by atoms with van der Waals surface area (Å²) in [5, 5.41) is 15.9. The summed E-state index contributed by atoms with van der Waals surface area (Å²) in [5.41, 5.74) is 0.846. The van der Waals surface area contributed by atoms with Crippen molar-refractivity contribution in [3.05, 3.63) is 34.1 Å². The first-order chi connectivity index (χ1) is 8.69. The van der Waals surface area contributed by atoms with Gasteiger partial charge in [0.15, 0.2) is 5.82 Å². The third kappa shape index (κ3) is 3.34. The molecule has 0 bridgehead atoms. The third-order valence-electron chi connectivity index (χ3n) is 2.35. The molecule has 0 aliphatic rings. The van der Waals surface area contributed by atoms with Crippen LogP contribution >= 0.6 is 23.2 Å². The Kier molecular flexibility index (Phi) is 4.38. The van der Waals surface area contributed by atoms with Crippen LogP contribution in [0.2, 0.25) is 10.0 Å². The molecule has 0 aliphatic heterocycles. The number of benzene rings is 1. The average molecular weight is 286 g/mol. The van der Waals surface area contributed by atoms with Gasteiger partial charge in [0, 0.05) is 22.3 Å². The number of tetrazole rings is 1. The standard InChI is InChI=1S/C11H13Cl2N5/c1-2-3-18-11(15-16-17-18)7-14-10-5-8(12)4-9(13)6-10/h4-6,14H,2-3,7H2,1H3. The fraction of sp³-hybridized carbons (Fsp3) is 0.364. The predicted molar refractivity (Wildman–Crippen MR) is 71.9 cm³/mol. The minimum Gasteiger partial charge on any atom is -0.378 e. The first-order valence-electron chi connectivity index (χ1n) is 5.64. The summed E-state index contributed by atoms with van der Waals surface area (Å²) < 4.78 is 1.78. The molecule has 0 atom stereocenters. The molecule has 0 amide bonds. The highest BCUT2D eigenvalue weighted by Gasteiger charge is 2.05. The van der Waals surface area contributed by atoms with Crippen molar-refractivity contribution in [2.24, 2.45) is 0 Å². The van der Waals surface area contributed by atoms with Gasteiger partial charge in [-0.2, -0.15) is 0 Å². The second kappa shape index (κ2) is 6.02. The monoisotopic (exact) mass is 285 g/mol. The van der Waals surface area contributed by atoms with Crippen molar-refractivity contribution in [2.75, 3.05) is 5.32 Å². The minimum absolute atomic E-state index is 0.531. The number of aryl methyl sites for hydroxylation is 1. The third-order valence-corrected chi connectivity index (χ3v) is 2.79. The van der Waals surface area contributed by atoms with Crippen LogP contribution in [0, 0.1) is 0 Å². The van der Waals surface area contributed by atoms with Gasteiger partial charge in [-0.05, 0) is 35.0 Å². The van der Waals surface area contributed by atoms with Gasteiger partial charge in [-0.3, -0.25) is 0 Å². The number of rotatable bonds is 5. The number of hydrogen-bond acceptors (Lipinski definition) is 4. The topological polar surface area (TPSA) is 55.6 Å². The van der Waals surface area contributed by atoms with Crippen LogP contribution in [0.1, 0.15) is 19.2 Å². The molecular formula is C11H13Cl2N5. The molecule has 2 aromatic rings. The molecule has 18 heavy (non-hydrogen) atoms.